The number of morpholine rings is 1. The fraction of sp³-hybridized carbons (Fsp3) is 0.400. The fourth-order valence-electron chi connectivity index (χ4n) is 4.55. The van der Waals surface area contributed by atoms with Gasteiger partial charge in [0, 0.05) is 30.9 Å². The molecule has 3 aromatic rings. The molecule has 2 aliphatic heterocycles. The molecule has 0 saturated carbocycles. The van der Waals surface area contributed by atoms with Gasteiger partial charge in [0.2, 0.25) is 11.9 Å². The van der Waals surface area contributed by atoms with Crippen molar-refractivity contribution in [2.24, 2.45) is 0 Å². The summed E-state index contributed by atoms with van der Waals surface area (Å²) in [6, 6.07) is 6.73. The van der Waals surface area contributed by atoms with E-state index < -0.39 is 48.2 Å². The van der Waals surface area contributed by atoms with E-state index in [1.54, 1.807) is 29.2 Å². The number of hydrogen-bond acceptors (Lipinski definition) is 12. The molecule has 2 aliphatic rings. The summed E-state index contributed by atoms with van der Waals surface area (Å²) in [5, 5.41) is 19.3. The summed E-state index contributed by atoms with van der Waals surface area (Å²) in [6.07, 6.45) is -5.77. The molecule has 5 rings (SSSR count). The number of alkyl halides is 3. The van der Waals surface area contributed by atoms with Crippen LogP contribution in [0.1, 0.15) is 17.4 Å². The normalized spacial score (nSPS) is 19.4. The molecule has 2 fully saturated rings. The van der Waals surface area contributed by atoms with Crippen LogP contribution in [0.5, 0.6) is 5.75 Å². The first-order valence-corrected chi connectivity index (χ1v) is 12.6. The smallest absolute Gasteiger partial charge is 0.434 e. The number of carbonyl (C=O) groups excluding carboxylic acids is 1. The van der Waals surface area contributed by atoms with Crippen molar-refractivity contribution in [2.45, 2.75) is 18.3 Å². The molecule has 0 bridgehead atoms. The number of rotatable bonds is 8. The second-order valence-electron chi connectivity index (χ2n) is 9.06. The Morgan fingerprint density at radius 3 is 2.49 bits per heavy atom. The Bertz CT molecular complexity index is 1390. The molecule has 13 nitrogen and oxygen atoms in total. The number of anilines is 3. The van der Waals surface area contributed by atoms with E-state index in [0.29, 0.717) is 37.6 Å². The van der Waals surface area contributed by atoms with Crippen LogP contribution in [0.3, 0.4) is 0 Å². The van der Waals surface area contributed by atoms with E-state index >= 15 is 0 Å². The summed E-state index contributed by atoms with van der Waals surface area (Å²) in [5.74, 6) is -0.130. The number of cyclic esters (lactones) is 1. The first kappa shape index (κ1) is 28.3. The minimum Gasteiger partial charge on any atom is -0.491 e. The number of aromatic nitrogens is 4. The molecule has 218 valence electrons. The van der Waals surface area contributed by atoms with Crippen LogP contribution in [0, 0.1) is 0 Å². The Hall–Kier alpha value is -4.28. The predicted octanol–water partition coefficient (Wildman–Crippen LogP) is 1.80. The van der Waals surface area contributed by atoms with E-state index in [1.165, 1.54) is 6.07 Å². The molecule has 2 atom stereocenters. The number of carbonyl (C=O) groups is 1. The van der Waals surface area contributed by atoms with Crippen LogP contribution in [0.15, 0.2) is 36.5 Å². The van der Waals surface area contributed by atoms with Gasteiger partial charge in [-0.1, -0.05) is 12.1 Å². The minimum atomic E-state index is -4.88. The highest BCUT2D eigenvalue weighted by atomic mass is 19.4. The van der Waals surface area contributed by atoms with Crippen molar-refractivity contribution >= 4 is 23.8 Å². The molecule has 4 heterocycles. The highest BCUT2D eigenvalue weighted by Crippen LogP contribution is 2.40. The second kappa shape index (κ2) is 11.7. The zero-order valence-corrected chi connectivity index (χ0v) is 21.5. The monoisotopic (exact) mass is 577 g/mol. The fourth-order valence-corrected chi connectivity index (χ4v) is 4.55. The van der Waals surface area contributed by atoms with Gasteiger partial charge in [-0.25, -0.2) is 19.7 Å². The number of hydrogen-bond donors (Lipinski definition) is 3. The SMILES string of the molecule is Nc1ncc(-c2cc(N3C(=O)O[C@@H](c4ccc(OCCO)cc4)C3CO)nc(N3CCOCC3)n2)c(C(F)(F)F)n1. The summed E-state index contributed by atoms with van der Waals surface area (Å²) in [4.78, 5) is 31.9. The lowest BCUT2D eigenvalue weighted by molar-refractivity contribution is -0.140. The lowest BCUT2D eigenvalue weighted by Gasteiger charge is -2.29. The first-order valence-electron chi connectivity index (χ1n) is 12.6. The quantitative estimate of drug-likeness (QED) is 0.355. The molecule has 2 saturated heterocycles. The average Bonchev–Trinajstić information content (AvgIpc) is 3.32. The maximum absolute atomic E-state index is 13.9. The third-order valence-corrected chi connectivity index (χ3v) is 6.45. The van der Waals surface area contributed by atoms with Crippen LogP contribution in [0.4, 0.5) is 35.7 Å². The lowest BCUT2D eigenvalue weighted by atomic mass is 10.0. The van der Waals surface area contributed by atoms with E-state index in [1.807, 2.05) is 0 Å². The second-order valence-corrected chi connectivity index (χ2v) is 9.06. The van der Waals surface area contributed by atoms with Crippen molar-refractivity contribution in [3.05, 3.63) is 47.8 Å². The van der Waals surface area contributed by atoms with E-state index in [4.69, 9.17) is 25.1 Å². The molecule has 0 spiro atoms. The maximum Gasteiger partial charge on any atom is 0.434 e. The molecule has 16 heteroatoms. The van der Waals surface area contributed by atoms with E-state index in [2.05, 4.69) is 19.9 Å². The van der Waals surface area contributed by atoms with Gasteiger partial charge in [0.1, 0.15) is 24.2 Å². The number of nitrogen functional groups attached to an aromatic ring is 1. The summed E-state index contributed by atoms with van der Waals surface area (Å²) in [5.41, 5.74) is 4.01. The molecule has 0 aliphatic carbocycles. The molecule has 0 radical (unpaired) electrons. The Kier molecular flexibility index (Phi) is 8.05. The highest BCUT2D eigenvalue weighted by molar-refractivity contribution is 5.91. The minimum absolute atomic E-state index is 0.0454. The molecule has 1 aromatic carbocycles. The third kappa shape index (κ3) is 5.94. The Morgan fingerprint density at radius 1 is 1.10 bits per heavy atom. The number of halogens is 3. The van der Waals surface area contributed by atoms with Gasteiger partial charge in [0.15, 0.2) is 11.8 Å². The predicted molar refractivity (Wildman–Crippen MR) is 137 cm³/mol. The van der Waals surface area contributed by atoms with Crippen LogP contribution >= 0.6 is 0 Å². The summed E-state index contributed by atoms with van der Waals surface area (Å²) in [6.45, 7) is 0.776. The van der Waals surface area contributed by atoms with E-state index in [9.17, 15) is 23.1 Å². The molecular weight excluding hydrogens is 551 g/mol. The number of ether oxygens (including phenoxy) is 3. The van der Waals surface area contributed by atoms with Crippen LogP contribution in [0.2, 0.25) is 0 Å². The van der Waals surface area contributed by atoms with Gasteiger partial charge in [0.05, 0.1) is 32.1 Å². The van der Waals surface area contributed by atoms with Crippen LogP contribution in [-0.2, 0) is 15.7 Å². The van der Waals surface area contributed by atoms with Crippen molar-refractivity contribution < 1.29 is 42.4 Å². The van der Waals surface area contributed by atoms with Gasteiger partial charge >= 0.3 is 12.3 Å². The maximum atomic E-state index is 13.9. The number of aliphatic hydroxyl groups excluding tert-OH is 2. The molecule has 4 N–H and O–H groups in total. The average molecular weight is 578 g/mol. The largest absolute Gasteiger partial charge is 0.491 e. The van der Waals surface area contributed by atoms with Crippen LogP contribution in [0.25, 0.3) is 11.3 Å². The zero-order chi connectivity index (χ0) is 29.1. The molecule has 1 amide bonds. The van der Waals surface area contributed by atoms with E-state index in [0.717, 1.165) is 11.1 Å². The lowest BCUT2D eigenvalue weighted by Crippen LogP contribution is -2.40. The summed E-state index contributed by atoms with van der Waals surface area (Å²) < 4.78 is 58.1. The number of aliphatic hydroxyl groups is 2. The van der Waals surface area contributed by atoms with Crippen molar-refractivity contribution in [2.75, 3.05) is 61.7 Å². The molecule has 2 aromatic heterocycles. The molecule has 1 unspecified atom stereocenters. The standard InChI is InChI=1S/C25H26F3N7O6/c26-25(27,28)21-16(12-30-22(29)33-21)17-11-19(32-23(31-17)34-5-8-39-9-6-34)35-18(13-37)20(41-24(35)38)14-1-3-15(4-2-14)40-10-7-36/h1-4,11-12,18,20,36-37H,5-10,13H2,(H2,29,30,33)/t18?,20-/m0/s1. The van der Waals surface area contributed by atoms with E-state index in [-0.39, 0.29) is 30.7 Å². The first-order chi connectivity index (χ1) is 19.7. The highest BCUT2D eigenvalue weighted by Gasteiger charge is 2.45. The van der Waals surface area contributed by atoms with Crippen LogP contribution in [-0.4, -0.2) is 88.4 Å². The zero-order valence-electron chi connectivity index (χ0n) is 21.5. The van der Waals surface area contributed by atoms with Crippen molar-refractivity contribution in [3.63, 3.8) is 0 Å². The van der Waals surface area contributed by atoms with Crippen molar-refractivity contribution in [1.29, 1.82) is 0 Å². The Morgan fingerprint density at radius 2 is 1.83 bits per heavy atom. The summed E-state index contributed by atoms with van der Waals surface area (Å²) >= 11 is 0. The number of nitrogens with zero attached hydrogens (tertiary/aromatic N) is 6. The summed E-state index contributed by atoms with van der Waals surface area (Å²) in [7, 11) is 0. The number of amides is 1. The molecular formula is C25H26F3N7O6. The van der Waals surface area contributed by atoms with Gasteiger partial charge in [-0.05, 0) is 17.7 Å². The number of benzene rings is 1. The van der Waals surface area contributed by atoms with Gasteiger partial charge < -0.3 is 35.1 Å². The molecule has 41 heavy (non-hydrogen) atoms. The van der Waals surface area contributed by atoms with Crippen molar-refractivity contribution in [3.8, 4) is 17.0 Å². The van der Waals surface area contributed by atoms with Gasteiger partial charge in [-0.3, -0.25) is 4.90 Å². The number of nitrogens with two attached hydrogens (primary N) is 1. The topological polar surface area (TPSA) is 169 Å². The van der Waals surface area contributed by atoms with Gasteiger partial charge in [-0.2, -0.15) is 18.2 Å². The third-order valence-electron chi connectivity index (χ3n) is 6.45. The Balaban J connectivity index is 1.57. The van der Waals surface area contributed by atoms with Crippen molar-refractivity contribution in [1.82, 2.24) is 19.9 Å². The van der Waals surface area contributed by atoms with Crippen LogP contribution < -0.4 is 20.3 Å². The van der Waals surface area contributed by atoms with Gasteiger partial charge in [0.25, 0.3) is 0 Å². The van der Waals surface area contributed by atoms with Gasteiger partial charge in [-0.15, -0.1) is 0 Å². The Labute approximate surface area is 231 Å².